The highest BCUT2D eigenvalue weighted by Crippen LogP contribution is 2.15. The number of guanidine groups is 1. The molecule has 0 saturated heterocycles. The van der Waals surface area contributed by atoms with Crippen LogP contribution in [0.15, 0.2) is 0 Å². The predicted molar refractivity (Wildman–Crippen MR) is 64.2 cm³/mol. The summed E-state index contributed by atoms with van der Waals surface area (Å²) in [5, 5.41) is 16.6. The summed E-state index contributed by atoms with van der Waals surface area (Å²) in [6.07, 6.45) is 4.74. The predicted octanol–water partition coefficient (Wildman–Crippen LogP) is 1.38. The van der Waals surface area contributed by atoms with E-state index in [1.165, 1.54) is 0 Å². The zero-order chi connectivity index (χ0) is 12.8. The van der Waals surface area contributed by atoms with Crippen LogP contribution in [0.3, 0.4) is 0 Å². The molecule has 0 fully saturated rings. The molecule has 0 amide bonds. The van der Waals surface area contributed by atoms with Gasteiger partial charge >= 0.3 is 5.97 Å². The third-order valence-electron chi connectivity index (χ3n) is 3.02. The van der Waals surface area contributed by atoms with E-state index in [0.717, 1.165) is 25.7 Å². The van der Waals surface area contributed by atoms with E-state index >= 15 is 0 Å². The summed E-state index contributed by atoms with van der Waals surface area (Å²) in [6.45, 7) is 2.12. The van der Waals surface area contributed by atoms with Gasteiger partial charge in [-0.15, -0.1) is 0 Å². The van der Waals surface area contributed by atoms with Gasteiger partial charge in [0.15, 0.2) is 6.04 Å². The van der Waals surface area contributed by atoms with Crippen molar-refractivity contribution in [3.8, 4) is 0 Å². The molecule has 0 radical (unpaired) electrons. The number of rotatable bonds is 7. The maximum atomic E-state index is 11.1. The van der Waals surface area contributed by atoms with E-state index in [2.05, 4.69) is 6.92 Å². The highest BCUT2D eigenvalue weighted by Gasteiger charge is 2.37. The molecule has 0 bridgehead atoms. The number of nitrogens with zero attached hydrogens (tertiary/aromatic N) is 1. The molecule has 0 aromatic carbocycles. The summed E-state index contributed by atoms with van der Waals surface area (Å²) < 4.78 is -0.0680. The number of nitrogens with two attached hydrogens (primary N) is 1. The Balaban J connectivity index is 4.39. The van der Waals surface area contributed by atoms with E-state index in [0.29, 0.717) is 6.42 Å². The fourth-order valence-corrected chi connectivity index (χ4v) is 1.65. The minimum Gasteiger partial charge on any atom is -0.477 e. The van der Waals surface area contributed by atoms with Gasteiger partial charge in [0.05, 0.1) is 14.1 Å². The lowest BCUT2D eigenvalue weighted by Crippen LogP contribution is -2.59. The number of hydrogen-bond acceptors (Lipinski definition) is 2. The third-order valence-corrected chi connectivity index (χ3v) is 3.02. The topological polar surface area (TPSA) is 87.2 Å². The third kappa shape index (κ3) is 4.18. The number of carbonyl (C=O) groups is 1. The quantitative estimate of drug-likeness (QED) is 0.267. The molecular weight excluding hydrogens is 206 g/mol. The molecule has 0 saturated carbocycles. The van der Waals surface area contributed by atoms with Gasteiger partial charge in [-0.1, -0.05) is 26.2 Å². The Morgan fingerprint density at radius 3 is 2.31 bits per heavy atom. The Kier molecular flexibility index (Phi) is 6.03. The zero-order valence-electron chi connectivity index (χ0n) is 10.5. The van der Waals surface area contributed by atoms with Crippen molar-refractivity contribution in [2.75, 3.05) is 14.1 Å². The summed E-state index contributed by atoms with van der Waals surface area (Å²) >= 11 is 0. The molecule has 0 aliphatic rings. The Labute approximate surface area is 97.3 Å². The van der Waals surface area contributed by atoms with Gasteiger partial charge in [-0.2, -0.15) is 0 Å². The lowest BCUT2D eigenvalue weighted by atomic mass is 10.1. The van der Waals surface area contributed by atoms with Crippen LogP contribution in [0, 0.1) is 5.41 Å². The van der Waals surface area contributed by atoms with Gasteiger partial charge in [-0.25, -0.2) is 10.2 Å². The van der Waals surface area contributed by atoms with Crippen LogP contribution in [0.1, 0.15) is 39.0 Å². The van der Waals surface area contributed by atoms with Gasteiger partial charge in [-0.3, -0.25) is 4.48 Å². The largest absolute Gasteiger partial charge is 0.477 e. The molecule has 1 atom stereocenters. The summed E-state index contributed by atoms with van der Waals surface area (Å²) in [5.41, 5.74) is 5.43. The van der Waals surface area contributed by atoms with E-state index in [4.69, 9.17) is 16.2 Å². The number of unbranched alkanes of at least 4 members (excludes halogenated alkanes) is 3. The number of carboxylic acids is 1. The van der Waals surface area contributed by atoms with Crippen molar-refractivity contribution in [2.24, 2.45) is 5.73 Å². The van der Waals surface area contributed by atoms with Crippen LogP contribution in [0.25, 0.3) is 0 Å². The van der Waals surface area contributed by atoms with Crippen molar-refractivity contribution < 1.29 is 14.4 Å². The van der Waals surface area contributed by atoms with Crippen molar-refractivity contribution in [3.63, 3.8) is 0 Å². The summed E-state index contributed by atoms with van der Waals surface area (Å²) in [5.74, 6) is -0.986. The van der Waals surface area contributed by atoms with Crippen molar-refractivity contribution in [3.05, 3.63) is 0 Å². The Hall–Kier alpha value is -1.10. The lowest BCUT2D eigenvalue weighted by Gasteiger charge is -2.32. The number of hydrogen-bond donors (Lipinski definition) is 3. The number of likely N-dealkylation sites (N-methyl/N-ethyl adjacent to an activating group) is 1. The van der Waals surface area contributed by atoms with Gasteiger partial charge in [0.1, 0.15) is 0 Å². The zero-order valence-corrected chi connectivity index (χ0v) is 10.5. The van der Waals surface area contributed by atoms with Gasteiger partial charge < -0.3 is 10.8 Å². The van der Waals surface area contributed by atoms with Crippen LogP contribution in [0.2, 0.25) is 0 Å². The molecule has 94 valence electrons. The summed E-state index contributed by atoms with van der Waals surface area (Å²) in [4.78, 5) is 11.1. The van der Waals surface area contributed by atoms with Crippen LogP contribution in [0.4, 0.5) is 0 Å². The highest BCUT2D eigenvalue weighted by molar-refractivity contribution is 5.76. The first-order chi connectivity index (χ1) is 7.34. The Morgan fingerprint density at radius 1 is 1.38 bits per heavy atom. The Morgan fingerprint density at radius 2 is 1.94 bits per heavy atom. The van der Waals surface area contributed by atoms with Crippen molar-refractivity contribution >= 4 is 11.9 Å². The van der Waals surface area contributed by atoms with Crippen LogP contribution >= 0.6 is 0 Å². The average molecular weight is 230 g/mol. The molecule has 0 heterocycles. The van der Waals surface area contributed by atoms with E-state index < -0.39 is 12.0 Å². The Bertz CT molecular complexity index is 252. The molecule has 0 aliphatic carbocycles. The maximum absolute atomic E-state index is 11.1. The molecule has 0 aromatic rings. The molecule has 0 spiro atoms. The molecule has 1 unspecified atom stereocenters. The lowest BCUT2D eigenvalue weighted by molar-refractivity contribution is -0.820. The number of quaternary nitrogens is 1. The molecule has 5 heteroatoms. The number of aliphatic carboxylic acids is 1. The molecule has 4 N–H and O–H groups in total. The van der Waals surface area contributed by atoms with Crippen molar-refractivity contribution in [2.45, 2.75) is 45.1 Å². The summed E-state index contributed by atoms with van der Waals surface area (Å²) in [7, 11) is 3.34. The normalized spacial score (nSPS) is 13.4. The molecule has 0 rings (SSSR count). The second-order valence-electron chi connectivity index (χ2n) is 4.63. The van der Waals surface area contributed by atoms with Crippen LogP contribution in [0.5, 0.6) is 0 Å². The fraction of sp³-hybridized carbons (Fsp3) is 0.818. The molecule has 16 heavy (non-hydrogen) atoms. The SMILES string of the molecule is CCCCCCC(C(=O)O)[N+](C)(C)C(=N)N. The standard InChI is InChI=1S/C11H23N3O2/c1-4-5-6-7-8-9(10(15)16)14(2,3)11(12)13/h9H,4-8H2,1-3H3,(H3-,12,13,15,16)/p+1. The van der Waals surface area contributed by atoms with E-state index in [-0.39, 0.29) is 10.4 Å². The van der Waals surface area contributed by atoms with Crippen LogP contribution in [-0.4, -0.2) is 41.7 Å². The van der Waals surface area contributed by atoms with Crippen LogP contribution < -0.4 is 5.73 Å². The first-order valence-corrected chi connectivity index (χ1v) is 5.75. The van der Waals surface area contributed by atoms with Gasteiger partial charge in [-0.05, 0) is 6.42 Å². The first kappa shape index (κ1) is 14.9. The fourth-order valence-electron chi connectivity index (χ4n) is 1.65. The van der Waals surface area contributed by atoms with Crippen molar-refractivity contribution in [1.82, 2.24) is 0 Å². The minimum atomic E-state index is -0.878. The van der Waals surface area contributed by atoms with E-state index in [1.54, 1.807) is 14.1 Å². The number of nitrogens with one attached hydrogen (secondary N) is 1. The van der Waals surface area contributed by atoms with E-state index in [9.17, 15) is 4.79 Å². The van der Waals surface area contributed by atoms with Crippen molar-refractivity contribution in [1.29, 1.82) is 5.41 Å². The first-order valence-electron chi connectivity index (χ1n) is 5.75. The molecular formula is C11H24N3O2+. The molecule has 0 aliphatic heterocycles. The van der Waals surface area contributed by atoms with E-state index in [1.807, 2.05) is 0 Å². The average Bonchev–Trinajstić information content (AvgIpc) is 2.16. The van der Waals surface area contributed by atoms with Crippen LogP contribution in [-0.2, 0) is 4.79 Å². The minimum absolute atomic E-state index is 0.0680. The second kappa shape index (κ2) is 6.48. The maximum Gasteiger partial charge on any atom is 0.363 e. The van der Waals surface area contributed by atoms with Gasteiger partial charge in [0, 0.05) is 6.42 Å². The van der Waals surface area contributed by atoms with Gasteiger partial charge in [0.2, 0.25) is 0 Å². The second-order valence-corrected chi connectivity index (χ2v) is 4.63. The number of carboxylic acid groups (broad SMARTS) is 1. The molecule has 5 nitrogen and oxygen atoms in total. The van der Waals surface area contributed by atoms with Gasteiger partial charge in [0.25, 0.3) is 5.96 Å². The summed E-state index contributed by atoms with van der Waals surface area (Å²) in [6, 6.07) is -0.616. The highest BCUT2D eigenvalue weighted by atomic mass is 16.4. The monoisotopic (exact) mass is 230 g/mol. The molecule has 0 aromatic heterocycles. The smallest absolute Gasteiger partial charge is 0.363 e.